The molecule has 1 aromatic carbocycles. The van der Waals surface area contributed by atoms with Crippen molar-refractivity contribution in [3.05, 3.63) is 23.8 Å². The molecule has 128 valence electrons. The highest BCUT2D eigenvalue weighted by atomic mass is 32.9. The van der Waals surface area contributed by atoms with Crippen LogP contribution in [0.1, 0.15) is 45.1 Å². The number of benzene rings is 1. The Morgan fingerprint density at radius 3 is 2.48 bits per heavy atom. The van der Waals surface area contributed by atoms with Crippen LogP contribution in [0.15, 0.2) is 18.2 Å². The summed E-state index contributed by atoms with van der Waals surface area (Å²) in [5.74, 6) is 0.722. The van der Waals surface area contributed by atoms with Gasteiger partial charge in [-0.25, -0.2) is 0 Å². The lowest BCUT2D eigenvalue weighted by atomic mass is 10.2. The molecule has 0 radical (unpaired) electrons. The van der Waals surface area contributed by atoms with Crippen LogP contribution in [0.4, 0.5) is 0 Å². The van der Waals surface area contributed by atoms with Gasteiger partial charge in [-0.05, 0) is 36.3 Å². The summed E-state index contributed by atoms with van der Waals surface area (Å²) in [6.07, 6.45) is 4.20. The number of aromatic nitrogens is 3. The first-order valence-electron chi connectivity index (χ1n) is 8.00. The summed E-state index contributed by atoms with van der Waals surface area (Å²) in [7, 11) is 0. The number of nitrogens with one attached hydrogen (secondary N) is 1. The minimum absolute atomic E-state index is 0.668. The third-order valence-electron chi connectivity index (χ3n) is 3.30. The number of hydrogen-bond acceptors (Lipinski definition) is 6. The van der Waals surface area contributed by atoms with Gasteiger partial charge in [0.15, 0.2) is 0 Å². The van der Waals surface area contributed by atoms with E-state index in [4.69, 9.17) is 20.9 Å². The molecule has 0 saturated heterocycles. The number of nitrogens with zero attached hydrogens (tertiary/aromatic N) is 2. The number of fused-ring (bicyclic) bond motifs is 1. The summed E-state index contributed by atoms with van der Waals surface area (Å²) in [5, 5.41) is 11.0. The van der Waals surface area contributed by atoms with Crippen LogP contribution in [-0.4, -0.2) is 28.6 Å². The molecule has 1 heterocycles. The maximum Gasteiger partial charge on any atom is 0.247 e. The van der Waals surface area contributed by atoms with Crippen molar-refractivity contribution in [1.82, 2.24) is 15.4 Å². The van der Waals surface area contributed by atoms with Gasteiger partial charge in [-0.2, -0.15) is 15.4 Å². The van der Waals surface area contributed by atoms with E-state index in [0.717, 1.165) is 48.0 Å². The highest BCUT2D eigenvalue weighted by molar-refractivity contribution is 8.67. The number of unbranched alkanes of at least 4 members (excludes halogenated alkanes) is 2. The average molecular weight is 373 g/mol. The summed E-state index contributed by atoms with van der Waals surface area (Å²) in [5.41, 5.74) is 0.556. The van der Waals surface area contributed by atoms with Crippen molar-refractivity contribution in [2.45, 2.75) is 45.3 Å². The van der Waals surface area contributed by atoms with Crippen molar-refractivity contribution in [2.24, 2.45) is 0 Å². The maximum absolute atomic E-state index is 5.95. The normalized spacial score (nSPS) is 12.1. The molecule has 0 atom stereocenters. The minimum Gasteiger partial charge on any atom is -0.322 e. The molecular formula is C15H24N3O2PS2. The van der Waals surface area contributed by atoms with Gasteiger partial charge in [0, 0.05) is 5.75 Å². The lowest BCUT2D eigenvalue weighted by Crippen LogP contribution is -1.97. The number of H-pyrrole nitrogens is 1. The predicted molar refractivity (Wildman–Crippen MR) is 101 cm³/mol. The number of hydrogen-bond donors (Lipinski definition) is 1. The van der Waals surface area contributed by atoms with Crippen LogP contribution in [0.5, 0.6) is 0 Å². The van der Waals surface area contributed by atoms with Gasteiger partial charge in [0.05, 0.1) is 13.2 Å². The number of aromatic amines is 1. The van der Waals surface area contributed by atoms with Crippen LogP contribution >= 0.6 is 17.1 Å². The van der Waals surface area contributed by atoms with E-state index in [1.165, 1.54) is 0 Å². The molecule has 0 saturated carbocycles. The Morgan fingerprint density at radius 1 is 1.13 bits per heavy atom. The molecule has 0 amide bonds. The molecule has 0 aliphatic carbocycles. The second-order valence-corrected chi connectivity index (χ2v) is 11.5. The average Bonchev–Trinajstić information content (AvgIpc) is 3.03. The van der Waals surface area contributed by atoms with Crippen molar-refractivity contribution >= 4 is 39.9 Å². The van der Waals surface area contributed by atoms with Crippen LogP contribution in [0.2, 0.25) is 0 Å². The zero-order valence-electron chi connectivity index (χ0n) is 13.7. The maximum atomic E-state index is 5.95. The smallest absolute Gasteiger partial charge is 0.247 e. The molecule has 1 aromatic heterocycles. The summed E-state index contributed by atoms with van der Waals surface area (Å²) in [6.45, 7) is 5.62. The van der Waals surface area contributed by atoms with Gasteiger partial charge in [-0.1, -0.05) is 50.2 Å². The van der Waals surface area contributed by atoms with E-state index < -0.39 is 5.69 Å². The third-order valence-corrected chi connectivity index (χ3v) is 8.61. The zero-order valence-corrected chi connectivity index (χ0v) is 16.2. The highest BCUT2D eigenvalue weighted by Crippen LogP contribution is 2.62. The van der Waals surface area contributed by atoms with E-state index in [-0.39, 0.29) is 0 Å². The van der Waals surface area contributed by atoms with Gasteiger partial charge in [0.2, 0.25) is 5.69 Å². The van der Waals surface area contributed by atoms with E-state index in [9.17, 15) is 0 Å². The summed E-state index contributed by atoms with van der Waals surface area (Å²) >= 11 is 7.31. The molecule has 0 aliphatic rings. The van der Waals surface area contributed by atoms with E-state index in [2.05, 4.69) is 35.3 Å². The van der Waals surface area contributed by atoms with E-state index in [0.29, 0.717) is 13.2 Å². The molecular weight excluding hydrogens is 349 g/mol. The Hall–Kier alpha value is -0.460. The summed E-state index contributed by atoms with van der Waals surface area (Å²) in [6, 6.07) is 5.98. The monoisotopic (exact) mass is 373 g/mol. The molecule has 0 fully saturated rings. The van der Waals surface area contributed by atoms with E-state index >= 15 is 0 Å². The molecule has 2 rings (SSSR count). The second kappa shape index (κ2) is 9.74. The van der Waals surface area contributed by atoms with Gasteiger partial charge in [0.25, 0.3) is 0 Å². The van der Waals surface area contributed by atoms with Crippen LogP contribution in [0.3, 0.4) is 0 Å². The lowest BCUT2D eigenvalue weighted by molar-refractivity contribution is 0.253. The van der Waals surface area contributed by atoms with Crippen molar-refractivity contribution in [3.8, 4) is 0 Å². The fourth-order valence-corrected chi connectivity index (χ4v) is 6.11. The summed E-state index contributed by atoms with van der Waals surface area (Å²) in [4.78, 5) is 0. The van der Waals surface area contributed by atoms with Gasteiger partial charge in [0.1, 0.15) is 11.0 Å². The Balaban J connectivity index is 2.01. The van der Waals surface area contributed by atoms with Crippen LogP contribution in [0.25, 0.3) is 11.0 Å². The van der Waals surface area contributed by atoms with Gasteiger partial charge in [-0.15, -0.1) is 0 Å². The fraction of sp³-hybridized carbons (Fsp3) is 0.600. The van der Waals surface area contributed by atoms with Crippen molar-refractivity contribution in [2.75, 3.05) is 13.2 Å². The third kappa shape index (κ3) is 5.84. The first kappa shape index (κ1) is 18.9. The molecule has 23 heavy (non-hydrogen) atoms. The van der Waals surface area contributed by atoms with E-state index in [1.807, 2.05) is 12.1 Å². The highest BCUT2D eigenvalue weighted by Gasteiger charge is 2.21. The molecule has 8 heteroatoms. The van der Waals surface area contributed by atoms with Crippen molar-refractivity contribution in [1.29, 1.82) is 0 Å². The molecule has 0 spiro atoms. The first-order chi connectivity index (χ1) is 11.2. The molecule has 0 unspecified atom stereocenters. The lowest BCUT2D eigenvalue weighted by Gasteiger charge is -2.21. The quantitative estimate of drug-likeness (QED) is 0.439. The minimum atomic E-state index is -2.31. The Bertz CT molecular complexity index is 636. The first-order valence-corrected chi connectivity index (χ1v) is 12.2. The molecule has 2 aromatic rings. The Labute approximate surface area is 146 Å². The fourth-order valence-electron chi connectivity index (χ4n) is 1.94. The second-order valence-electron chi connectivity index (χ2n) is 5.20. The van der Waals surface area contributed by atoms with Crippen LogP contribution in [0, 0.1) is 0 Å². The van der Waals surface area contributed by atoms with Crippen molar-refractivity contribution < 1.29 is 9.05 Å². The standard InChI is InChI=1S/C15H24N3O2PS2/c1-3-5-10-19-21(22,20-11-6-4-2)23-12-13-8-7-9-14-15(13)17-18-16-14/h7-9H,3-6,10-12H2,1-2H3,(H,16,17,18). The van der Waals surface area contributed by atoms with E-state index in [1.54, 1.807) is 11.4 Å². The van der Waals surface area contributed by atoms with Gasteiger partial charge < -0.3 is 9.05 Å². The molecule has 0 bridgehead atoms. The van der Waals surface area contributed by atoms with Gasteiger partial charge >= 0.3 is 0 Å². The zero-order chi connectivity index (χ0) is 16.5. The molecule has 1 N–H and O–H groups in total. The van der Waals surface area contributed by atoms with Gasteiger partial charge in [-0.3, -0.25) is 0 Å². The SMILES string of the molecule is CCCCOP(=S)(OCCCC)SCc1cccc2n[nH]nc12. The number of para-hydroxylation sites is 1. The predicted octanol–water partition coefficient (Wildman–Crippen LogP) is 5.05. The Kier molecular flexibility index (Phi) is 7.99. The Morgan fingerprint density at radius 2 is 1.83 bits per heavy atom. The van der Waals surface area contributed by atoms with Crippen LogP contribution < -0.4 is 0 Å². The topological polar surface area (TPSA) is 60.0 Å². The number of rotatable bonds is 11. The van der Waals surface area contributed by atoms with Crippen LogP contribution in [-0.2, 0) is 26.6 Å². The molecule has 0 aliphatic heterocycles. The van der Waals surface area contributed by atoms with Crippen molar-refractivity contribution in [3.63, 3.8) is 0 Å². The summed E-state index contributed by atoms with van der Waals surface area (Å²) < 4.78 is 11.9. The largest absolute Gasteiger partial charge is 0.322 e. The molecule has 5 nitrogen and oxygen atoms in total.